The van der Waals surface area contributed by atoms with Crippen LogP contribution >= 0.6 is 15.9 Å². The average molecular weight is 243 g/mol. The zero-order valence-corrected chi connectivity index (χ0v) is 8.32. The predicted molar refractivity (Wildman–Crippen MR) is 54.0 cm³/mol. The summed E-state index contributed by atoms with van der Waals surface area (Å²) in [6.07, 6.45) is 0. The van der Waals surface area contributed by atoms with Crippen LogP contribution in [0, 0.1) is 10.1 Å². The number of benzene rings is 1. The van der Waals surface area contributed by atoms with Crippen molar-refractivity contribution < 1.29 is 4.92 Å². The van der Waals surface area contributed by atoms with Crippen molar-refractivity contribution in [2.45, 2.75) is 6.54 Å². The van der Waals surface area contributed by atoms with Crippen LogP contribution in [0.5, 0.6) is 0 Å². The van der Waals surface area contributed by atoms with Gasteiger partial charge in [0.25, 0.3) is 5.69 Å². The third kappa shape index (κ3) is 2.35. The molecule has 0 saturated carbocycles. The highest BCUT2D eigenvalue weighted by Crippen LogP contribution is 2.23. The van der Waals surface area contributed by atoms with Crippen molar-refractivity contribution in [2.24, 2.45) is 4.99 Å². The summed E-state index contributed by atoms with van der Waals surface area (Å²) >= 11 is 3.17. The standard InChI is InChI=1S/C8H7BrN2O2/c1-10-5-6-2-3-7(9)4-8(6)11(12)13/h2-4H,1,5H2. The summed E-state index contributed by atoms with van der Waals surface area (Å²) in [5, 5.41) is 10.6. The lowest BCUT2D eigenvalue weighted by atomic mass is 10.2. The van der Waals surface area contributed by atoms with Crippen molar-refractivity contribution in [1.82, 2.24) is 0 Å². The van der Waals surface area contributed by atoms with E-state index in [-0.39, 0.29) is 12.2 Å². The fourth-order valence-corrected chi connectivity index (χ4v) is 1.31. The molecule has 5 heteroatoms. The van der Waals surface area contributed by atoms with E-state index in [1.807, 2.05) is 0 Å². The van der Waals surface area contributed by atoms with E-state index < -0.39 is 4.92 Å². The fourth-order valence-electron chi connectivity index (χ4n) is 0.961. The number of halogens is 1. The molecule has 13 heavy (non-hydrogen) atoms. The largest absolute Gasteiger partial charge is 0.296 e. The topological polar surface area (TPSA) is 55.5 Å². The maximum atomic E-state index is 10.6. The molecule has 0 atom stereocenters. The Morgan fingerprint density at radius 1 is 1.62 bits per heavy atom. The second kappa shape index (κ2) is 4.13. The number of aliphatic imine (C=N–C) groups is 1. The molecule has 0 unspecified atom stereocenters. The SMILES string of the molecule is C=NCc1ccc(Br)cc1[N+](=O)[O-]. The second-order valence-corrected chi connectivity index (χ2v) is 3.33. The monoisotopic (exact) mass is 242 g/mol. The van der Waals surface area contributed by atoms with Crippen molar-refractivity contribution in [3.63, 3.8) is 0 Å². The molecule has 0 N–H and O–H groups in total. The van der Waals surface area contributed by atoms with E-state index in [9.17, 15) is 10.1 Å². The van der Waals surface area contributed by atoms with Gasteiger partial charge in [-0.15, -0.1) is 0 Å². The highest BCUT2D eigenvalue weighted by molar-refractivity contribution is 9.10. The van der Waals surface area contributed by atoms with Crippen LogP contribution in [0.2, 0.25) is 0 Å². The van der Waals surface area contributed by atoms with Crippen molar-refractivity contribution >= 4 is 28.3 Å². The van der Waals surface area contributed by atoms with Crippen LogP contribution in [0.4, 0.5) is 5.69 Å². The number of rotatable bonds is 3. The molecule has 1 rings (SSSR count). The molecule has 0 fully saturated rings. The van der Waals surface area contributed by atoms with Gasteiger partial charge >= 0.3 is 0 Å². The van der Waals surface area contributed by atoms with E-state index in [1.165, 1.54) is 6.07 Å². The van der Waals surface area contributed by atoms with Crippen LogP contribution in [0.25, 0.3) is 0 Å². The minimum absolute atomic E-state index is 0.0711. The lowest BCUT2D eigenvalue weighted by molar-refractivity contribution is -0.385. The minimum atomic E-state index is -0.425. The van der Waals surface area contributed by atoms with E-state index in [4.69, 9.17) is 0 Å². The Morgan fingerprint density at radius 3 is 2.85 bits per heavy atom. The molecule has 1 aromatic rings. The second-order valence-electron chi connectivity index (χ2n) is 2.41. The van der Waals surface area contributed by atoms with Crippen molar-refractivity contribution in [3.05, 3.63) is 38.3 Å². The van der Waals surface area contributed by atoms with Gasteiger partial charge in [-0.25, -0.2) is 0 Å². The molecular weight excluding hydrogens is 236 g/mol. The number of nitrogens with zero attached hydrogens (tertiary/aromatic N) is 2. The Bertz CT molecular complexity index is 352. The predicted octanol–water partition coefficient (Wildman–Crippen LogP) is 2.56. The summed E-state index contributed by atoms with van der Waals surface area (Å²) in [7, 11) is 0. The number of nitro groups is 1. The summed E-state index contributed by atoms with van der Waals surface area (Å²) in [4.78, 5) is 13.8. The van der Waals surface area contributed by atoms with Gasteiger partial charge in [0.2, 0.25) is 0 Å². The van der Waals surface area contributed by atoms with Crippen molar-refractivity contribution in [2.75, 3.05) is 0 Å². The van der Waals surface area contributed by atoms with Gasteiger partial charge in [-0.3, -0.25) is 15.1 Å². The normalized spacial score (nSPS) is 9.62. The summed E-state index contributed by atoms with van der Waals surface area (Å²) in [5.41, 5.74) is 0.643. The van der Waals surface area contributed by atoms with Gasteiger partial charge in [0.15, 0.2) is 0 Å². The van der Waals surface area contributed by atoms with Crippen LogP contribution < -0.4 is 0 Å². The van der Waals surface area contributed by atoms with Gasteiger partial charge < -0.3 is 0 Å². The van der Waals surface area contributed by atoms with Crippen LogP contribution in [-0.2, 0) is 6.54 Å². The van der Waals surface area contributed by atoms with Crippen LogP contribution in [0.1, 0.15) is 5.56 Å². The third-order valence-corrected chi connectivity index (χ3v) is 2.02. The Hall–Kier alpha value is -1.23. The average Bonchev–Trinajstić information content (AvgIpc) is 2.08. The maximum Gasteiger partial charge on any atom is 0.275 e. The highest BCUT2D eigenvalue weighted by Gasteiger charge is 2.12. The molecule has 0 bridgehead atoms. The first-order valence-corrected chi connectivity index (χ1v) is 4.29. The lowest BCUT2D eigenvalue weighted by Crippen LogP contribution is -1.94. The summed E-state index contributed by atoms with van der Waals surface area (Å²) in [5.74, 6) is 0. The Kier molecular flexibility index (Phi) is 3.13. The molecular formula is C8H7BrN2O2. The lowest BCUT2D eigenvalue weighted by Gasteiger charge is -1.99. The van der Waals surface area contributed by atoms with Crippen molar-refractivity contribution in [3.8, 4) is 0 Å². The molecule has 0 aromatic heterocycles. The fraction of sp³-hybridized carbons (Fsp3) is 0.125. The summed E-state index contributed by atoms with van der Waals surface area (Å²) < 4.78 is 0.687. The van der Waals surface area contributed by atoms with E-state index in [2.05, 4.69) is 27.6 Å². The summed E-state index contributed by atoms with van der Waals surface area (Å²) in [6, 6.07) is 4.87. The first kappa shape index (κ1) is 9.85. The third-order valence-electron chi connectivity index (χ3n) is 1.53. The molecule has 1 aromatic carbocycles. The first-order valence-electron chi connectivity index (χ1n) is 3.50. The van der Waals surface area contributed by atoms with Gasteiger partial charge in [0.1, 0.15) is 0 Å². The molecule has 4 nitrogen and oxygen atoms in total. The smallest absolute Gasteiger partial charge is 0.275 e. The highest BCUT2D eigenvalue weighted by atomic mass is 79.9. The molecule has 0 saturated heterocycles. The minimum Gasteiger partial charge on any atom is -0.296 e. The maximum absolute atomic E-state index is 10.6. The quantitative estimate of drug-likeness (QED) is 0.465. The Morgan fingerprint density at radius 2 is 2.31 bits per heavy atom. The Balaban J connectivity index is 3.17. The molecule has 0 aliphatic rings. The summed E-state index contributed by atoms with van der Waals surface area (Å²) in [6.45, 7) is 3.56. The van der Waals surface area contributed by atoms with Crippen LogP contribution in [0.15, 0.2) is 27.7 Å². The van der Waals surface area contributed by atoms with E-state index in [1.54, 1.807) is 12.1 Å². The van der Waals surface area contributed by atoms with Gasteiger partial charge in [0.05, 0.1) is 17.0 Å². The molecule has 0 spiro atoms. The number of hydrogen-bond acceptors (Lipinski definition) is 3. The molecule has 0 aliphatic carbocycles. The van der Waals surface area contributed by atoms with Gasteiger partial charge in [-0.05, 0) is 18.9 Å². The molecule has 0 heterocycles. The van der Waals surface area contributed by atoms with Crippen molar-refractivity contribution in [1.29, 1.82) is 0 Å². The van der Waals surface area contributed by atoms with Gasteiger partial charge in [-0.1, -0.05) is 15.9 Å². The van der Waals surface area contributed by atoms with Gasteiger partial charge in [-0.2, -0.15) is 0 Å². The zero-order chi connectivity index (χ0) is 9.84. The Labute approximate surface area is 83.6 Å². The van der Waals surface area contributed by atoms with Gasteiger partial charge in [0, 0.05) is 10.5 Å². The van der Waals surface area contributed by atoms with Crippen LogP contribution in [-0.4, -0.2) is 11.6 Å². The first-order chi connectivity index (χ1) is 6.15. The van der Waals surface area contributed by atoms with E-state index in [0.717, 1.165) is 0 Å². The van der Waals surface area contributed by atoms with E-state index in [0.29, 0.717) is 10.0 Å². The molecule has 0 amide bonds. The van der Waals surface area contributed by atoms with E-state index >= 15 is 0 Å². The van der Waals surface area contributed by atoms with Crippen LogP contribution in [0.3, 0.4) is 0 Å². The molecule has 0 radical (unpaired) electrons. The molecule has 0 aliphatic heterocycles. The zero-order valence-electron chi connectivity index (χ0n) is 6.74. The number of hydrogen-bond donors (Lipinski definition) is 0. The number of nitro benzene ring substituents is 1. The molecule has 68 valence electrons.